The zero-order chi connectivity index (χ0) is 6.85. The van der Waals surface area contributed by atoms with E-state index in [2.05, 4.69) is 30.9 Å². The molecule has 0 amide bonds. The first-order valence-corrected chi connectivity index (χ1v) is 3.37. The van der Waals surface area contributed by atoms with E-state index in [9.17, 15) is 0 Å². The molecule has 0 spiro atoms. The van der Waals surface area contributed by atoms with Crippen molar-refractivity contribution in [3.8, 4) is 0 Å². The first-order chi connectivity index (χ1) is 4.18. The lowest BCUT2D eigenvalue weighted by atomic mass is 10.6. The monoisotopic (exact) mass is 165 g/mol. The maximum Gasteiger partial charge on any atom is 0.135 e. The topological polar surface area (TPSA) is 10.9 Å². The van der Waals surface area contributed by atoms with Crippen molar-refractivity contribution in [1.82, 2.24) is 9.80 Å². The molecule has 0 bridgehead atoms. The third-order valence-corrected chi connectivity index (χ3v) is 1.56. The second-order valence-electron chi connectivity index (χ2n) is 3.13. The molecule has 4 heteroatoms. The lowest BCUT2D eigenvalue weighted by molar-refractivity contribution is -0.909. The molecule has 1 heterocycles. The Morgan fingerprint density at radius 2 is 1.50 bits per heavy atom. The van der Waals surface area contributed by atoms with Crippen LogP contribution in [0.1, 0.15) is 0 Å². The van der Waals surface area contributed by atoms with Crippen LogP contribution in [0.2, 0.25) is 0 Å². The van der Waals surface area contributed by atoms with Crippen molar-refractivity contribution in [3.05, 3.63) is 0 Å². The third kappa shape index (κ3) is 2.84. The molecule has 1 fully saturated rings. The molecule has 0 aliphatic carbocycles. The molecule has 0 atom stereocenters. The highest BCUT2D eigenvalue weighted by Crippen LogP contribution is 1.85. The first kappa shape index (κ1) is 10.2. The van der Waals surface area contributed by atoms with Gasteiger partial charge in [0.1, 0.15) is 13.3 Å². The van der Waals surface area contributed by atoms with Gasteiger partial charge in [-0.05, 0) is 14.1 Å². The Morgan fingerprint density at radius 1 is 1.10 bits per heavy atom. The van der Waals surface area contributed by atoms with Crippen molar-refractivity contribution in [2.75, 3.05) is 41.1 Å². The van der Waals surface area contributed by atoms with Crippen LogP contribution in [0.3, 0.4) is 0 Å². The fraction of sp³-hybridized carbons (Fsp3) is 1.00. The van der Waals surface area contributed by atoms with Crippen LogP contribution in [0.15, 0.2) is 0 Å². The minimum atomic E-state index is 0. The van der Waals surface area contributed by atoms with Gasteiger partial charge < -0.3 is 17.3 Å². The fourth-order valence-corrected chi connectivity index (χ4v) is 1.48. The second kappa shape index (κ2) is 4.13. The Bertz CT molecular complexity index is 74.0. The molecule has 10 heavy (non-hydrogen) atoms. The summed E-state index contributed by atoms with van der Waals surface area (Å²) in [5.74, 6) is 0. The summed E-state index contributed by atoms with van der Waals surface area (Å²) in [6, 6.07) is 0. The van der Waals surface area contributed by atoms with E-state index in [-0.39, 0.29) is 12.4 Å². The van der Waals surface area contributed by atoms with Crippen LogP contribution in [0, 0.1) is 0 Å². The van der Waals surface area contributed by atoms with Gasteiger partial charge in [-0.25, -0.2) is 9.80 Å². The van der Waals surface area contributed by atoms with Crippen molar-refractivity contribution in [1.29, 1.82) is 0 Å². The Balaban J connectivity index is 0.000000810. The molecular formula is C6H16ClN3. The van der Waals surface area contributed by atoms with E-state index in [1.807, 2.05) is 0 Å². The number of rotatable bonds is 0. The maximum absolute atomic E-state index is 2.32. The summed E-state index contributed by atoms with van der Waals surface area (Å²) in [5.41, 5.74) is 0. The molecule has 1 rings (SSSR count). The number of nitrogens with zero attached hydrogens (tertiary/aromatic N) is 2. The zero-order valence-corrected chi connectivity index (χ0v) is 7.65. The molecule has 62 valence electrons. The van der Waals surface area contributed by atoms with Crippen LogP contribution < -0.4 is 17.3 Å². The van der Waals surface area contributed by atoms with Crippen LogP contribution in [0.25, 0.3) is 0 Å². The van der Waals surface area contributed by atoms with Crippen molar-refractivity contribution in [2.45, 2.75) is 0 Å². The Morgan fingerprint density at radius 3 is 1.80 bits per heavy atom. The van der Waals surface area contributed by atoms with Crippen molar-refractivity contribution < 1.29 is 17.3 Å². The van der Waals surface area contributed by atoms with E-state index in [1.165, 1.54) is 13.3 Å². The van der Waals surface area contributed by atoms with Crippen LogP contribution in [-0.4, -0.2) is 50.9 Å². The minimum Gasteiger partial charge on any atom is -1.00 e. The molecule has 1 N–H and O–H groups in total. The molecule has 0 unspecified atom stereocenters. The Kier molecular flexibility index (Phi) is 4.20. The van der Waals surface area contributed by atoms with Crippen molar-refractivity contribution >= 4 is 0 Å². The van der Waals surface area contributed by atoms with Gasteiger partial charge in [-0.15, -0.1) is 0 Å². The van der Waals surface area contributed by atoms with Crippen molar-refractivity contribution in [2.24, 2.45) is 0 Å². The summed E-state index contributed by atoms with van der Waals surface area (Å²) in [7, 11) is 6.52. The van der Waals surface area contributed by atoms with E-state index in [1.54, 1.807) is 4.90 Å². The summed E-state index contributed by atoms with van der Waals surface area (Å²) in [6.07, 6.45) is 0. The third-order valence-electron chi connectivity index (χ3n) is 1.56. The van der Waals surface area contributed by atoms with Crippen molar-refractivity contribution in [3.63, 3.8) is 0 Å². The Labute approximate surface area is 69.0 Å². The molecule has 1 aliphatic rings. The van der Waals surface area contributed by atoms with Gasteiger partial charge in [0.15, 0.2) is 0 Å². The predicted octanol–water partition coefficient (Wildman–Crippen LogP) is -4.75. The normalized spacial score (nSPS) is 24.3. The minimum absolute atomic E-state index is 0. The van der Waals surface area contributed by atoms with Gasteiger partial charge in [-0.3, -0.25) is 0 Å². The molecule has 3 nitrogen and oxygen atoms in total. The highest BCUT2D eigenvalue weighted by Gasteiger charge is 2.16. The molecule has 0 aromatic carbocycles. The number of halogens is 1. The first-order valence-electron chi connectivity index (χ1n) is 3.37. The van der Waals surface area contributed by atoms with E-state index in [0.29, 0.717) is 0 Å². The summed E-state index contributed by atoms with van der Waals surface area (Å²) < 4.78 is 0. The average Bonchev–Trinajstić information content (AvgIpc) is 1.59. The van der Waals surface area contributed by atoms with E-state index >= 15 is 0 Å². The maximum atomic E-state index is 2.32. The zero-order valence-electron chi connectivity index (χ0n) is 6.89. The SMILES string of the molecule is CN1CN(C)C[NH+](C)C1.[Cl-]. The van der Waals surface area contributed by atoms with E-state index in [0.717, 1.165) is 6.67 Å². The summed E-state index contributed by atoms with van der Waals surface area (Å²) in [4.78, 5) is 6.20. The fourth-order valence-electron chi connectivity index (χ4n) is 1.48. The highest BCUT2D eigenvalue weighted by atomic mass is 35.5. The van der Waals surface area contributed by atoms with Gasteiger partial charge in [0.25, 0.3) is 0 Å². The van der Waals surface area contributed by atoms with Crippen LogP contribution in [0.5, 0.6) is 0 Å². The van der Waals surface area contributed by atoms with Gasteiger partial charge in [0.05, 0.1) is 13.7 Å². The standard InChI is InChI=1S/C6H15N3.ClH/c1-7-4-8(2)6-9(3)5-7;/h4-6H2,1-3H3;1H. The summed E-state index contributed by atoms with van der Waals surface area (Å²) >= 11 is 0. The molecule has 1 aliphatic heterocycles. The highest BCUT2D eigenvalue weighted by molar-refractivity contribution is 4.46. The summed E-state index contributed by atoms with van der Waals surface area (Å²) in [5, 5.41) is 0. The smallest absolute Gasteiger partial charge is 0.135 e. The predicted molar refractivity (Wildman–Crippen MR) is 37.0 cm³/mol. The number of quaternary nitrogens is 1. The summed E-state index contributed by atoms with van der Waals surface area (Å²) in [6.45, 7) is 3.45. The lowest BCUT2D eigenvalue weighted by Crippen LogP contribution is -3.13. The molecule has 0 aromatic rings. The van der Waals surface area contributed by atoms with E-state index in [4.69, 9.17) is 0 Å². The number of hydrogen-bond acceptors (Lipinski definition) is 2. The average molecular weight is 166 g/mol. The second-order valence-corrected chi connectivity index (χ2v) is 3.13. The Hall–Kier alpha value is 0.170. The number of nitrogens with one attached hydrogen (secondary N) is 1. The van der Waals surface area contributed by atoms with Gasteiger partial charge in [0.2, 0.25) is 0 Å². The molecule has 0 radical (unpaired) electrons. The van der Waals surface area contributed by atoms with Gasteiger partial charge in [-0.2, -0.15) is 0 Å². The van der Waals surface area contributed by atoms with Crippen LogP contribution in [0.4, 0.5) is 0 Å². The van der Waals surface area contributed by atoms with Gasteiger partial charge >= 0.3 is 0 Å². The van der Waals surface area contributed by atoms with Gasteiger partial charge in [-0.1, -0.05) is 0 Å². The molecular weight excluding hydrogens is 150 g/mol. The largest absolute Gasteiger partial charge is 1.00 e. The molecule has 0 aromatic heterocycles. The van der Waals surface area contributed by atoms with Gasteiger partial charge in [0, 0.05) is 0 Å². The quantitative estimate of drug-likeness (QED) is 0.387. The van der Waals surface area contributed by atoms with E-state index < -0.39 is 0 Å². The van der Waals surface area contributed by atoms with Crippen LogP contribution >= 0.6 is 0 Å². The molecule has 0 saturated carbocycles. The number of hydrogen-bond donors (Lipinski definition) is 1. The van der Waals surface area contributed by atoms with Crippen LogP contribution in [-0.2, 0) is 0 Å². The lowest BCUT2D eigenvalue weighted by Gasteiger charge is -2.33. The molecule has 1 saturated heterocycles.